The maximum Gasteiger partial charge on any atom is 0.437 e. The van der Waals surface area contributed by atoms with Crippen molar-refractivity contribution < 1.29 is 18.5 Å². The Balaban J connectivity index is 1.63. The van der Waals surface area contributed by atoms with Gasteiger partial charge in [0.1, 0.15) is 18.9 Å². The molecule has 2 aromatic carbocycles. The number of halogens is 1. The fourth-order valence-corrected chi connectivity index (χ4v) is 3.17. The van der Waals surface area contributed by atoms with E-state index in [1.54, 1.807) is 0 Å². The van der Waals surface area contributed by atoms with Gasteiger partial charge in [0.25, 0.3) is 0 Å². The Hall–Kier alpha value is -3.26. The number of rotatable bonds is 9. The molecule has 1 amide bonds. The molecular weight excluding hydrogens is 387 g/mol. The Labute approximate surface area is 174 Å². The van der Waals surface area contributed by atoms with Crippen molar-refractivity contribution in [3.63, 3.8) is 0 Å². The van der Waals surface area contributed by atoms with Crippen molar-refractivity contribution in [2.75, 3.05) is 13.1 Å². The molecule has 3 rings (SSSR count). The van der Waals surface area contributed by atoms with E-state index in [0.29, 0.717) is 12.1 Å². The van der Waals surface area contributed by atoms with Crippen molar-refractivity contribution in [3.8, 4) is 11.5 Å². The maximum absolute atomic E-state index is 13.1. The van der Waals surface area contributed by atoms with Crippen LogP contribution in [-0.4, -0.2) is 28.8 Å². The van der Waals surface area contributed by atoms with Gasteiger partial charge in [-0.05, 0) is 43.7 Å². The number of quaternary nitrogens is 1. The molecule has 1 heterocycles. The van der Waals surface area contributed by atoms with Crippen LogP contribution >= 0.6 is 0 Å². The number of benzene rings is 2. The van der Waals surface area contributed by atoms with Crippen LogP contribution in [0.15, 0.2) is 57.7 Å². The van der Waals surface area contributed by atoms with Gasteiger partial charge < -0.3 is 14.6 Å². The number of hydrogen-bond donors (Lipinski definition) is 2. The average Bonchev–Trinajstić information content (AvgIpc) is 3.11. The fraction of sp³-hybridized carbons (Fsp3) is 0.318. The standard InChI is InChI=1S/C22H25FN4O3/c1-3-26(4-2)14-18-8-6-5-7-17(18)13-24-20(28)15-27-22(29)30-21(25-27)16-9-11-19(23)12-10-16/h5-12H,3-4,13-15H2,1-2H3,(H,24,28)/p+1. The summed E-state index contributed by atoms with van der Waals surface area (Å²) in [5.74, 6) is -1.45. The lowest BCUT2D eigenvalue weighted by atomic mass is 10.1. The van der Waals surface area contributed by atoms with E-state index in [1.807, 2.05) is 18.2 Å². The number of nitrogens with one attached hydrogen (secondary N) is 2. The molecule has 0 bridgehead atoms. The molecule has 0 fully saturated rings. The zero-order chi connectivity index (χ0) is 21.5. The molecular formula is C22H26FN4O3+. The Morgan fingerprint density at radius 3 is 2.43 bits per heavy atom. The SMILES string of the molecule is CC[NH+](CC)Cc1ccccc1CNC(=O)Cn1nc(-c2ccc(F)cc2)oc1=O. The summed E-state index contributed by atoms with van der Waals surface area (Å²) in [5.41, 5.74) is 2.69. The molecule has 0 atom stereocenters. The number of amides is 1. The topological polar surface area (TPSA) is 81.6 Å². The van der Waals surface area contributed by atoms with Crippen molar-refractivity contribution in [3.05, 3.63) is 76.0 Å². The molecule has 30 heavy (non-hydrogen) atoms. The van der Waals surface area contributed by atoms with Crippen LogP contribution in [0.25, 0.3) is 11.5 Å². The predicted octanol–water partition coefficient (Wildman–Crippen LogP) is 1.38. The second-order valence-corrected chi connectivity index (χ2v) is 7.02. The second-order valence-electron chi connectivity index (χ2n) is 7.02. The number of hydrogen-bond acceptors (Lipinski definition) is 4. The summed E-state index contributed by atoms with van der Waals surface area (Å²) < 4.78 is 19.1. The van der Waals surface area contributed by atoms with Crippen molar-refractivity contribution in [1.82, 2.24) is 15.1 Å². The van der Waals surface area contributed by atoms with Crippen molar-refractivity contribution in [2.24, 2.45) is 0 Å². The minimum atomic E-state index is -0.741. The Kier molecular flexibility index (Phi) is 7.13. The number of nitrogens with zero attached hydrogens (tertiary/aromatic N) is 2. The van der Waals surface area contributed by atoms with E-state index in [1.165, 1.54) is 34.7 Å². The van der Waals surface area contributed by atoms with Crippen LogP contribution in [-0.2, 0) is 24.4 Å². The minimum absolute atomic E-state index is 0.0420. The van der Waals surface area contributed by atoms with E-state index >= 15 is 0 Å². The summed E-state index contributed by atoms with van der Waals surface area (Å²) in [6, 6.07) is 13.4. The number of carbonyl (C=O) groups excluding carboxylic acids is 1. The first-order chi connectivity index (χ1) is 14.5. The minimum Gasteiger partial charge on any atom is -0.388 e. The van der Waals surface area contributed by atoms with Crippen molar-refractivity contribution >= 4 is 5.91 Å². The molecule has 0 aliphatic carbocycles. The summed E-state index contributed by atoms with van der Waals surface area (Å²) in [4.78, 5) is 25.8. The summed E-state index contributed by atoms with van der Waals surface area (Å²) >= 11 is 0. The third kappa shape index (κ3) is 5.42. The molecule has 8 heteroatoms. The molecule has 0 saturated heterocycles. The van der Waals surface area contributed by atoms with E-state index in [0.717, 1.165) is 29.9 Å². The highest BCUT2D eigenvalue weighted by atomic mass is 19.1. The molecule has 0 unspecified atom stereocenters. The normalized spacial score (nSPS) is 11.1. The molecule has 158 valence electrons. The van der Waals surface area contributed by atoms with Gasteiger partial charge in [0.2, 0.25) is 11.8 Å². The van der Waals surface area contributed by atoms with Gasteiger partial charge >= 0.3 is 5.76 Å². The van der Waals surface area contributed by atoms with Crippen LogP contribution in [0.2, 0.25) is 0 Å². The van der Waals surface area contributed by atoms with E-state index in [-0.39, 0.29) is 18.3 Å². The molecule has 2 N–H and O–H groups in total. The highest BCUT2D eigenvalue weighted by Gasteiger charge is 2.14. The van der Waals surface area contributed by atoms with Gasteiger partial charge in [0.05, 0.1) is 13.1 Å². The molecule has 7 nitrogen and oxygen atoms in total. The van der Waals surface area contributed by atoms with Crippen LogP contribution in [0.3, 0.4) is 0 Å². The first-order valence-electron chi connectivity index (χ1n) is 10.0. The summed E-state index contributed by atoms with van der Waals surface area (Å²) in [6.45, 7) is 7.37. The van der Waals surface area contributed by atoms with E-state index < -0.39 is 11.6 Å². The molecule has 0 aliphatic rings. The second kappa shape index (κ2) is 9.98. The first kappa shape index (κ1) is 21.4. The lowest BCUT2D eigenvalue weighted by molar-refractivity contribution is -0.910. The van der Waals surface area contributed by atoms with Gasteiger partial charge in [-0.2, -0.15) is 4.68 Å². The Bertz CT molecular complexity index is 1040. The molecule has 1 aromatic heterocycles. The van der Waals surface area contributed by atoms with Gasteiger partial charge in [-0.15, -0.1) is 5.10 Å². The highest BCUT2D eigenvalue weighted by Crippen LogP contribution is 2.15. The summed E-state index contributed by atoms with van der Waals surface area (Å²) in [6.07, 6.45) is 0. The third-order valence-corrected chi connectivity index (χ3v) is 5.03. The molecule has 3 aromatic rings. The largest absolute Gasteiger partial charge is 0.437 e. The average molecular weight is 413 g/mol. The Morgan fingerprint density at radius 2 is 1.77 bits per heavy atom. The molecule has 0 aliphatic heterocycles. The van der Waals surface area contributed by atoms with Crippen LogP contribution in [0, 0.1) is 5.82 Å². The predicted molar refractivity (Wildman–Crippen MR) is 110 cm³/mol. The van der Waals surface area contributed by atoms with Gasteiger partial charge in [-0.1, -0.05) is 24.3 Å². The Morgan fingerprint density at radius 1 is 1.10 bits per heavy atom. The van der Waals surface area contributed by atoms with Crippen molar-refractivity contribution in [1.29, 1.82) is 0 Å². The maximum atomic E-state index is 13.1. The van der Waals surface area contributed by atoms with Crippen LogP contribution in [0.1, 0.15) is 25.0 Å². The lowest BCUT2D eigenvalue weighted by Gasteiger charge is -2.17. The van der Waals surface area contributed by atoms with E-state index in [4.69, 9.17) is 4.42 Å². The van der Waals surface area contributed by atoms with E-state index in [9.17, 15) is 14.0 Å². The highest BCUT2D eigenvalue weighted by molar-refractivity contribution is 5.75. The van der Waals surface area contributed by atoms with Gasteiger partial charge in [-0.25, -0.2) is 9.18 Å². The molecule has 0 radical (unpaired) electrons. The van der Waals surface area contributed by atoms with Crippen LogP contribution in [0.5, 0.6) is 0 Å². The lowest BCUT2D eigenvalue weighted by Crippen LogP contribution is -3.10. The fourth-order valence-electron chi connectivity index (χ4n) is 3.17. The zero-order valence-corrected chi connectivity index (χ0v) is 17.2. The van der Waals surface area contributed by atoms with Gasteiger partial charge in [0.15, 0.2) is 0 Å². The smallest absolute Gasteiger partial charge is 0.388 e. The quantitative estimate of drug-likeness (QED) is 0.555. The number of aromatic nitrogens is 2. The summed E-state index contributed by atoms with van der Waals surface area (Å²) in [7, 11) is 0. The summed E-state index contributed by atoms with van der Waals surface area (Å²) in [5, 5.41) is 6.88. The zero-order valence-electron chi connectivity index (χ0n) is 17.2. The monoisotopic (exact) mass is 413 g/mol. The number of carbonyl (C=O) groups is 1. The van der Waals surface area contributed by atoms with Gasteiger partial charge in [-0.3, -0.25) is 4.79 Å². The molecule has 0 saturated carbocycles. The molecule has 0 spiro atoms. The first-order valence-corrected chi connectivity index (χ1v) is 10.0. The van der Waals surface area contributed by atoms with Crippen LogP contribution in [0.4, 0.5) is 4.39 Å². The van der Waals surface area contributed by atoms with E-state index in [2.05, 4.69) is 30.3 Å². The van der Waals surface area contributed by atoms with Crippen molar-refractivity contribution in [2.45, 2.75) is 33.5 Å². The van der Waals surface area contributed by atoms with Crippen LogP contribution < -0.4 is 16.0 Å². The van der Waals surface area contributed by atoms with Gasteiger partial charge in [0, 0.05) is 17.7 Å². The third-order valence-electron chi connectivity index (χ3n) is 5.03.